The van der Waals surface area contributed by atoms with Crippen LogP contribution in [-0.4, -0.2) is 53.5 Å². The molecule has 1 saturated heterocycles. The molecule has 0 spiro atoms. The second kappa shape index (κ2) is 6.34. The average molecular weight is 329 g/mol. The van der Waals surface area contributed by atoms with Gasteiger partial charge in [-0.1, -0.05) is 15.9 Å². The van der Waals surface area contributed by atoms with Crippen LogP contribution in [0.1, 0.15) is 17.3 Å². The van der Waals surface area contributed by atoms with E-state index < -0.39 is 0 Å². The fourth-order valence-electron chi connectivity index (χ4n) is 2.06. The first-order valence-electron chi connectivity index (χ1n) is 6.15. The van der Waals surface area contributed by atoms with Gasteiger partial charge in [-0.05, 0) is 19.1 Å². The first-order valence-corrected chi connectivity index (χ1v) is 7.27. The van der Waals surface area contributed by atoms with Crippen molar-refractivity contribution < 1.29 is 14.3 Å². The van der Waals surface area contributed by atoms with Crippen molar-refractivity contribution in [3.05, 3.63) is 23.9 Å². The van der Waals surface area contributed by atoms with Gasteiger partial charge in [-0.25, -0.2) is 4.98 Å². The van der Waals surface area contributed by atoms with Crippen molar-refractivity contribution in [1.82, 2.24) is 9.88 Å². The Kier molecular flexibility index (Phi) is 4.76. The third kappa shape index (κ3) is 3.06. The van der Waals surface area contributed by atoms with Gasteiger partial charge in [0.2, 0.25) is 5.88 Å². The van der Waals surface area contributed by atoms with Crippen LogP contribution in [0.3, 0.4) is 0 Å². The van der Waals surface area contributed by atoms with Gasteiger partial charge >= 0.3 is 0 Å². The molecule has 0 aliphatic carbocycles. The molecule has 1 aromatic heterocycles. The summed E-state index contributed by atoms with van der Waals surface area (Å²) in [6, 6.07) is 3.52. The van der Waals surface area contributed by atoms with Crippen molar-refractivity contribution in [3.8, 4) is 5.88 Å². The van der Waals surface area contributed by atoms with E-state index in [0.717, 1.165) is 0 Å². The SMILES string of the molecule is COc1ncccc1C(=O)N1CC(CBr)OCC1C. The molecule has 104 valence electrons. The predicted molar refractivity (Wildman–Crippen MR) is 74.8 cm³/mol. The predicted octanol–water partition coefficient (Wildman–Crippen LogP) is 1.71. The molecule has 1 fully saturated rings. The van der Waals surface area contributed by atoms with Crippen LogP contribution in [-0.2, 0) is 4.74 Å². The number of pyridine rings is 1. The number of halogens is 1. The van der Waals surface area contributed by atoms with Crippen molar-refractivity contribution in [2.45, 2.75) is 19.1 Å². The Morgan fingerprint density at radius 1 is 1.68 bits per heavy atom. The molecule has 2 heterocycles. The van der Waals surface area contributed by atoms with E-state index in [1.807, 2.05) is 11.8 Å². The number of amides is 1. The lowest BCUT2D eigenvalue weighted by Gasteiger charge is -2.37. The quantitative estimate of drug-likeness (QED) is 0.793. The molecular weight excluding hydrogens is 312 g/mol. The molecule has 1 aliphatic rings. The van der Waals surface area contributed by atoms with E-state index in [1.165, 1.54) is 7.11 Å². The van der Waals surface area contributed by atoms with E-state index in [0.29, 0.717) is 29.9 Å². The highest BCUT2D eigenvalue weighted by atomic mass is 79.9. The first kappa shape index (κ1) is 14.3. The standard InChI is InChI=1S/C13H17BrN2O3/c1-9-8-19-10(6-14)7-16(9)13(17)11-4-3-5-15-12(11)18-2/h3-5,9-10H,6-8H2,1-2H3. The van der Waals surface area contributed by atoms with Gasteiger partial charge < -0.3 is 14.4 Å². The number of rotatable bonds is 3. The van der Waals surface area contributed by atoms with E-state index in [1.54, 1.807) is 18.3 Å². The molecule has 5 nitrogen and oxygen atoms in total. The minimum atomic E-state index is -0.0632. The van der Waals surface area contributed by atoms with Crippen molar-refractivity contribution in [1.29, 1.82) is 0 Å². The maximum Gasteiger partial charge on any atom is 0.259 e. The molecule has 2 rings (SSSR count). The van der Waals surface area contributed by atoms with Crippen LogP contribution in [0.15, 0.2) is 18.3 Å². The topological polar surface area (TPSA) is 51.7 Å². The number of ether oxygens (including phenoxy) is 2. The fourth-order valence-corrected chi connectivity index (χ4v) is 2.46. The molecule has 6 heteroatoms. The lowest BCUT2D eigenvalue weighted by Crippen LogP contribution is -2.51. The second-order valence-electron chi connectivity index (χ2n) is 4.48. The van der Waals surface area contributed by atoms with Crippen molar-refractivity contribution in [2.75, 3.05) is 25.6 Å². The minimum absolute atomic E-state index is 0.0304. The second-order valence-corrected chi connectivity index (χ2v) is 5.12. The summed E-state index contributed by atoms with van der Waals surface area (Å²) in [6.07, 6.45) is 1.64. The van der Waals surface area contributed by atoms with E-state index in [4.69, 9.17) is 9.47 Å². The molecule has 0 N–H and O–H groups in total. The van der Waals surface area contributed by atoms with Gasteiger partial charge in [0.15, 0.2) is 0 Å². The van der Waals surface area contributed by atoms with Crippen LogP contribution >= 0.6 is 15.9 Å². The Balaban J connectivity index is 2.22. The normalized spacial score (nSPS) is 23.2. The molecule has 0 saturated carbocycles. The molecule has 0 radical (unpaired) electrons. The molecule has 19 heavy (non-hydrogen) atoms. The summed E-state index contributed by atoms with van der Waals surface area (Å²) in [7, 11) is 1.52. The Morgan fingerprint density at radius 2 is 2.47 bits per heavy atom. The van der Waals surface area contributed by atoms with Gasteiger partial charge in [-0.2, -0.15) is 0 Å². The Labute approximate surface area is 121 Å². The smallest absolute Gasteiger partial charge is 0.259 e. The monoisotopic (exact) mass is 328 g/mol. The lowest BCUT2D eigenvalue weighted by molar-refractivity contribution is -0.0362. The molecule has 2 unspecified atom stereocenters. The van der Waals surface area contributed by atoms with Crippen LogP contribution < -0.4 is 4.74 Å². The fraction of sp³-hybridized carbons (Fsp3) is 0.538. The third-order valence-corrected chi connectivity index (χ3v) is 3.86. The summed E-state index contributed by atoms with van der Waals surface area (Å²) in [5.41, 5.74) is 0.493. The molecular formula is C13H17BrN2O3. The number of morpholine rings is 1. The summed E-state index contributed by atoms with van der Waals surface area (Å²) in [4.78, 5) is 18.5. The number of methoxy groups -OCH3 is 1. The van der Waals surface area contributed by atoms with Crippen LogP contribution in [0.25, 0.3) is 0 Å². The molecule has 1 amide bonds. The van der Waals surface area contributed by atoms with Gasteiger partial charge in [0.05, 0.1) is 25.9 Å². The van der Waals surface area contributed by atoms with E-state index >= 15 is 0 Å². The highest BCUT2D eigenvalue weighted by Crippen LogP contribution is 2.21. The molecule has 1 aromatic rings. The van der Waals surface area contributed by atoms with Gasteiger partial charge in [-0.15, -0.1) is 0 Å². The highest BCUT2D eigenvalue weighted by Gasteiger charge is 2.31. The largest absolute Gasteiger partial charge is 0.480 e. The van der Waals surface area contributed by atoms with E-state index in [2.05, 4.69) is 20.9 Å². The number of carbonyl (C=O) groups excluding carboxylic acids is 1. The Bertz CT molecular complexity index is 455. The van der Waals surface area contributed by atoms with Crippen LogP contribution in [0.5, 0.6) is 5.88 Å². The number of hydrogen-bond acceptors (Lipinski definition) is 4. The summed E-state index contributed by atoms with van der Waals surface area (Å²) in [6.45, 7) is 3.10. The van der Waals surface area contributed by atoms with Gasteiger partial charge in [0.25, 0.3) is 5.91 Å². The molecule has 0 bridgehead atoms. The van der Waals surface area contributed by atoms with Crippen LogP contribution in [0, 0.1) is 0 Å². The number of hydrogen-bond donors (Lipinski definition) is 0. The summed E-state index contributed by atoms with van der Waals surface area (Å²) < 4.78 is 10.8. The molecule has 0 aromatic carbocycles. The van der Waals surface area contributed by atoms with Gasteiger partial charge in [0, 0.05) is 18.1 Å². The molecule has 2 atom stereocenters. The zero-order valence-corrected chi connectivity index (χ0v) is 12.6. The minimum Gasteiger partial charge on any atom is -0.480 e. The van der Waals surface area contributed by atoms with Crippen LogP contribution in [0.4, 0.5) is 0 Å². The number of alkyl halides is 1. The Hall–Kier alpha value is -1.14. The highest BCUT2D eigenvalue weighted by molar-refractivity contribution is 9.09. The zero-order chi connectivity index (χ0) is 13.8. The maximum absolute atomic E-state index is 12.6. The van der Waals surface area contributed by atoms with Crippen molar-refractivity contribution in [2.24, 2.45) is 0 Å². The lowest BCUT2D eigenvalue weighted by atomic mass is 10.1. The van der Waals surface area contributed by atoms with E-state index in [9.17, 15) is 4.79 Å². The summed E-state index contributed by atoms with van der Waals surface area (Å²) >= 11 is 3.39. The average Bonchev–Trinajstić information content (AvgIpc) is 2.47. The zero-order valence-electron chi connectivity index (χ0n) is 11.0. The maximum atomic E-state index is 12.6. The van der Waals surface area contributed by atoms with Gasteiger partial charge in [0.1, 0.15) is 5.56 Å². The van der Waals surface area contributed by atoms with Crippen molar-refractivity contribution in [3.63, 3.8) is 0 Å². The van der Waals surface area contributed by atoms with Crippen molar-refractivity contribution >= 4 is 21.8 Å². The van der Waals surface area contributed by atoms with Crippen LogP contribution in [0.2, 0.25) is 0 Å². The third-order valence-electron chi connectivity index (χ3n) is 3.13. The first-order chi connectivity index (χ1) is 9.17. The Morgan fingerprint density at radius 3 is 3.16 bits per heavy atom. The van der Waals surface area contributed by atoms with E-state index in [-0.39, 0.29) is 18.1 Å². The summed E-state index contributed by atoms with van der Waals surface area (Å²) in [5, 5.41) is 0.716. The molecule has 1 aliphatic heterocycles. The number of aromatic nitrogens is 1. The number of nitrogens with zero attached hydrogens (tertiary/aromatic N) is 2. The van der Waals surface area contributed by atoms with Gasteiger partial charge in [-0.3, -0.25) is 4.79 Å². The summed E-state index contributed by atoms with van der Waals surface area (Å²) in [5.74, 6) is 0.299. The number of carbonyl (C=O) groups is 1.